The van der Waals surface area contributed by atoms with Crippen molar-refractivity contribution >= 4 is 5.69 Å². The highest BCUT2D eigenvalue weighted by molar-refractivity contribution is 5.50. The Labute approximate surface area is 90.9 Å². The molecule has 78 valence electrons. The molecular weight excluding hydrogens is 184 g/mol. The molecule has 0 unspecified atom stereocenters. The minimum atomic E-state index is 0.147. The Balaban J connectivity index is 2.13. The van der Waals surface area contributed by atoms with Gasteiger partial charge in [-0.15, -0.1) is 0 Å². The third-order valence-corrected chi connectivity index (χ3v) is 3.06. The van der Waals surface area contributed by atoms with Gasteiger partial charge in [-0.25, -0.2) is 0 Å². The monoisotopic (exact) mass is 200 g/mol. The van der Waals surface area contributed by atoms with Gasteiger partial charge < -0.3 is 5.32 Å². The number of nitriles is 1. The summed E-state index contributed by atoms with van der Waals surface area (Å²) < 4.78 is 0. The van der Waals surface area contributed by atoms with E-state index in [-0.39, 0.29) is 5.54 Å². The van der Waals surface area contributed by atoms with Crippen molar-refractivity contribution in [3.8, 4) is 6.07 Å². The van der Waals surface area contributed by atoms with E-state index in [1.807, 2.05) is 24.3 Å². The normalized spacial score (nSPS) is 15.8. The number of hydrogen-bond acceptors (Lipinski definition) is 2. The smallest absolute Gasteiger partial charge is 0.0992 e. The molecule has 1 aliphatic carbocycles. The van der Waals surface area contributed by atoms with Gasteiger partial charge in [0.2, 0.25) is 0 Å². The van der Waals surface area contributed by atoms with Gasteiger partial charge in [0.25, 0.3) is 0 Å². The molecule has 0 radical (unpaired) electrons. The van der Waals surface area contributed by atoms with E-state index in [4.69, 9.17) is 5.26 Å². The van der Waals surface area contributed by atoms with Crippen LogP contribution in [0.15, 0.2) is 24.3 Å². The lowest BCUT2D eigenvalue weighted by Gasteiger charge is -2.27. The third-order valence-electron chi connectivity index (χ3n) is 3.06. The summed E-state index contributed by atoms with van der Waals surface area (Å²) in [6.07, 6.45) is 2.63. The van der Waals surface area contributed by atoms with Crippen LogP contribution in [0.2, 0.25) is 0 Å². The molecule has 2 heteroatoms. The van der Waals surface area contributed by atoms with Gasteiger partial charge >= 0.3 is 0 Å². The van der Waals surface area contributed by atoms with Crippen LogP contribution in [-0.2, 0) is 0 Å². The average molecular weight is 200 g/mol. The summed E-state index contributed by atoms with van der Waals surface area (Å²) in [5, 5.41) is 12.3. The molecule has 2 nitrogen and oxygen atoms in total. The lowest BCUT2D eigenvalue weighted by molar-refractivity contribution is 0.494. The number of rotatable bonds is 3. The zero-order chi connectivity index (χ0) is 10.9. The van der Waals surface area contributed by atoms with Crippen LogP contribution in [-0.4, -0.2) is 5.54 Å². The summed E-state index contributed by atoms with van der Waals surface area (Å²) in [6.45, 7) is 4.45. The summed E-state index contributed by atoms with van der Waals surface area (Å²) in [5.74, 6) is 0.781. The van der Waals surface area contributed by atoms with Crippen molar-refractivity contribution in [2.45, 2.75) is 32.2 Å². The highest BCUT2D eigenvalue weighted by atomic mass is 15.0. The van der Waals surface area contributed by atoms with Crippen molar-refractivity contribution < 1.29 is 0 Å². The molecule has 0 aromatic heterocycles. The van der Waals surface area contributed by atoms with E-state index in [9.17, 15) is 0 Å². The van der Waals surface area contributed by atoms with E-state index in [0.717, 1.165) is 11.6 Å². The largest absolute Gasteiger partial charge is 0.380 e. The molecule has 0 aliphatic heterocycles. The topological polar surface area (TPSA) is 35.8 Å². The summed E-state index contributed by atoms with van der Waals surface area (Å²) in [4.78, 5) is 0. The lowest BCUT2D eigenvalue weighted by Crippen LogP contribution is -2.33. The predicted octanol–water partition coefficient (Wildman–Crippen LogP) is 3.16. The van der Waals surface area contributed by atoms with E-state index in [0.29, 0.717) is 5.56 Å². The van der Waals surface area contributed by atoms with Gasteiger partial charge in [0.15, 0.2) is 0 Å². The number of nitrogens with zero attached hydrogens (tertiary/aromatic N) is 1. The molecule has 0 atom stereocenters. The maximum absolute atomic E-state index is 8.80. The van der Waals surface area contributed by atoms with E-state index in [1.165, 1.54) is 12.8 Å². The SMILES string of the molecule is CC(C)(Nc1cccc(C#N)c1)C1CC1. The van der Waals surface area contributed by atoms with Gasteiger partial charge in [0, 0.05) is 11.2 Å². The summed E-state index contributed by atoms with van der Waals surface area (Å²) in [6, 6.07) is 9.83. The maximum Gasteiger partial charge on any atom is 0.0992 e. The first-order chi connectivity index (χ1) is 7.12. The Hall–Kier alpha value is -1.49. The molecule has 1 fully saturated rings. The molecule has 1 N–H and O–H groups in total. The zero-order valence-corrected chi connectivity index (χ0v) is 9.25. The molecule has 15 heavy (non-hydrogen) atoms. The number of nitrogens with one attached hydrogen (secondary N) is 1. The van der Waals surface area contributed by atoms with Crippen molar-refractivity contribution in [1.82, 2.24) is 0 Å². The van der Waals surface area contributed by atoms with Gasteiger partial charge in [-0.1, -0.05) is 6.07 Å². The predicted molar refractivity (Wildman–Crippen MR) is 61.6 cm³/mol. The fourth-order valence-electron chi connectivity index (χ4n) is 1.95. The molecule has 0 spiro atoms. The van der Waals surface area contributed by atoms with Gasteiger partial charge in [0.05, 0.1) is 11.6 Å². The van der Waals surface area contributed by atoms with Crippen LogP contribution in [0.5, 0.6) is 0 Å². The van der Waals surface area contributed by atoms with Crippen molar-refractivity contribution in [1.29, 1.82) is 5.26 Å². The van der Waals surface area contributed by atoms with Crippen LogP contribution in [0, 0.1) is 17.2 Å². The molecule has 0 amide bonds. The standard InChI is InChI=1S/C13H16N2/c1-13(2,11-6-7-11)15-12-5-3-4-10(8-12)9-14/h3-5,8,11,15H,6-7H2,1-2H3. The fraction of sp³-hybridized carbons (Fsp3) is 0.462. The summed E-state index contributed by atoms with van der Waals surface area (Å²) >= 11 is 0. The number of benzene rings is 1. The van der Waals surface area contributed by atoms with Crippen molar-refractivity contribution in [2.75, 3.05) is 5.32 Å². The minimum absolute atomic E-state index is 0.147. The van der Waals surface area contributed by atoms with Crippen molar-refractivity contribution in [2.24, 2.45) is 5.92 Å². The first-order valence-electron chi connectivity index (χ1n) is 5.40. The minimum Gasteiger partial charge on any atom is -0.380 e. The van der Waals surface area contributed by atoms with E-state index >= 15 is 0 Å². The Bertz CT molecular complexity index is 397. The fourth-order valence-corrected chi connectivity index (χ4v) is 1.95. The third kappa shape index (κ3) is 2.30. The van der Waals surface area contributed by atoms with Crippen LogP contribution in [0.25, 0.3) is 0 Å². The zero-order valence-electron chi connectivity index (χ0n) is 9.25. The average Bonchev–Trinajstić information content (AvgIpc) is 3.00. The van der Waals surface area contributed by atoms with E-state index in [2.05, 4.69) is 25.2 Å². The highest BCUT2D eigenvalue weighted by Gasteiger charge is 2.37. The molecule has 1 aliphatic rings. The van der Waals surface area contributed by atoms with Crippen LogP contribution in [0.4, 0.5) is 5.69 Å². The molecule has 1 aromatic rings. The first-order valence-corrected chi connectivity index (χ1v) is 5.40. The number of hydrogen-bond donors (Lipinski definition) is 1. The Morgan fingerprint density at radius 2 is 2.13 bits per heavy atom. The van der Waals surface area contributed by atoms with Gasteiger partial charge in [-0.2, -0.15) is 5.26 Å². The highest BCUT2D eigenvalue weighted by Crippen LogP contribution is 2.41. The molecule has 0 heterocycles. The second-order valence-electron chi connectivity index (χ2n) is 4.81. The number of anilines is 1. The Morgan fingerprint density at radius 1 is 1.40 bits per heavy atom. The maximum atomic E-state index is 8.80. The molecule has 1 saturated carbocycles. The van der Waals surface area contributed by atoms with Crippen molar-refractivity contribution in [3.63, 3.8) is 0 Å². The first kappa shape index (κ1) is 10.0. The van der Waals surface area contributed by atoms with Crippen LogP contribution >= 0.6 is 0 Å². The second-order valence-corrected chi connectivity index (χ2v) is 4.81. The van der Waals surface area contributed by atoms with Crippen LogP contribution in [0.3, 0.4) is 0 Å². The molecule has 0 bridgehead atoms. The van der Waals surface area contributed by atoms with E-state index < -0.39 is 0 Å². The molecule has 0 saturated heterocycles. The van der Waals surface area contributed by atoms with Gasteiger partial charge in [0.1, 0.15) is 0 Å². The Kier molecular flexibility index (Phi) is 2.40. The van der Waals surface area contributed by atoms with Crippen LogP contribution in [0.1, 0.15) is 32.3 Å². The summed E-state index contributed by atoms with van der Waals surface area (Å²) in [5.41, 5.74) is 1.91. The molecule has 1 aromatic carbocycles. The van der Waals surface area contributed by atoms with Crippen molar-refractivity contribution in [3.05, 3.63) is 29.8 Å². The molecular formula is C13H16N2. The lowest BCUT2D eigenvalue weighted by atomic mass is 9.98. The van der Waals surface area contributed by atoms with Gasteiger partial charge in [-0.3, -0.25) is 0 Å². The quantitative estimate of drug-likeness (QED) is 0.813. The van der Waals surface area contributed by atoms with E-state index in [1.54, 1.807) is 0 Å². The molecule has 2 rings (SSSR count). The van der Waals surface area contributed by atoms with Gasteiger partial charge in [-0.05, 0) is 50.8 Å². The van der Waals surface area contributed by atoms with Crippen LogP contribution < -0.4 is 5.32 Å². The Morgan fingerprint density at radius 3 is 2.73 bits per heavy atom. The summed E-state index contributed by atoms with van der Waals surface area (Å²) in [7, 11) is 0. The second kappa shape index (κ2) is 3.58.